The lowest BCUT2D eigenvalue weighted by atomic mass is 9.98. The van der Waals surface area contributed by atoms with Gasteiger partial charge in [0.1, 0.15) is 5.75 Å². The van der Waals surface area contributed by atoms with Gasteiger partial charge in [-0.25, -0.2) is 0 Å². The van der Waals surface area contributed by atoms with Crippen LogP contribution in [0.15, 0.2) is 40.9 Å². The van der Waals surface area contributed by atoms with E-state index >= 15 is 0 Å². The van der Waals surface area contributed by atoms with Crippen molar-refractivity contribution in [3.63, 3.8) is 0 Å². The summed E-state index contributed by atoms with van der Waals surface area (Å²) in [5.74, 6) is 0.737. The molecule has 0 spiro atoms. The second kappa shape index (κ2) is 7.50. The van der Waals surface area contributed by atoms with Crippen LogP contribution < -0.4 is 10.1 Å². The highest BCUT2D eigenvalue weighted by Crippen LogP contribution is 2.35. The molecule has 0 radical (unpaired) electrons. The average molecular weight is 389 g/mol. The van der Waals surface area contributed by atoms with Crippen LogP contribution in [0, 0.1) is 0 Å². The third-order valence-corrected chi connectivity index (χ3v) is 4.35. The Morgan fingerprint density at radius 3 is 2.24 bits per heavy atom. The van der Waals surface area contributed by atoms with Gasteiger partial charge in [-0.1, -0.05) is 58.2 Å². The molecule has 1 atom stereocenters. The van der Waals surface area contributed by atoms with E-state index in [0.29, 0.717) is 10.0 Å². The van der Waals surface area contributed by atoms with Crippen LogP contribution in [-0.2, 0) is 0 Å². The van der Waals surface area contributed by atoms with Gasteiger partial charge >= 0.3 is 0 Å². The van der Waals surface area contributed by atoms with Crippen molar-refractivity contribution < 1.29 is 4.74 Å². The maximum atomic E-state index is 6.40. The lowest BCUT2D eigenvalue weighted by molar-refractivity contribution is 0.414. The van der Waals surface area contributed by atoms with Crippen molar-refractivity contribution in [1.82, 2.24) is 5.32 Å². The van der Waals surface area contributed by atoms with E-state index < -0.39 is 0 Å². The maximum absolute atomic E-state index is 6.40. The molecule has 0 aliphatic heterocycles. The third kappa shape index (κ3) is 3.92. The van der Waals surface area contributed by atoms with Crippen LogP contribution in [0.3, 0.4) is 0 Å². The molecule has 5 heteroatoms. The number of methoxy groups -OCH3 is 1. The first-order valence-corrected chi connectivity index (χ1v) is 8.13. The van der Waals surface area contributed by atoms with E-state index in [0.717, 1.165) is 27.9 Å². The molecule has 2 aromatic rings. The summed E-state index contributed by atoms with van der Waals surface area (Å²) in [7, 11) is 1.62. The monoisotopic (exact) mass is 387 g/mol. The number of benzene rings is 2. The van der Waals surface area contributed by atoms with E-state index in [1.807, 2.05) is 36.4 Å². The van der Waals surface area contributed by atoms with Crippen LogP contribution in [-0.4, -0.2) is 13.7 Å². The smallest absolute Gasteiger partial charge is 0.120 e. The predicted molar refractivity (Wildman–Crippen MR) is 92.7 cm³/mol. The van der Waals surface area contributed by atoms with Crippen LogP contribution in [0.5, 0.6) is 5.75 Å². The predicted octanol–water partition coefficient (Wildman–Crippen LogP) is 5.46. The van der Waals surface area contributed by atoms with Gasteiger partial charge < -0.3 is 10.1 Å². The number of ether oxygens (including phenoxy) is 1. The topological polar surface area (TPSA) is 21.3 Å². The molecular formula is C16H16BrCl2NO. The third-order valence-electron chi connectivity index (χ3n) is 3.20. The van der Waals surface area contributed by atoms with E-state index in [-0.39, 0.29) is 6.04 Å². The molecular weight excluding hydrogens is 373 g/mol. The molecule has 0 fully saturated rings. The van der Waals surface area contributed by atoms with E-state index in [4.69, 9.17) is 27.9 Å². The summed E-state index contributed by atoms with van der Waals surface area (Å²) in [5, 5.41) is 4.78. The standard InChI is InChI=1S/C16H16BrCl2NO/c1-3-20-16(12-6-4-10(17)8-14(12)18)13-7-5-11(21-2)9-15(13)19/h4-9,16,20H,3H2,1-2H3. The largest absolute Gasteiger partial charge is 0.497 e. The summed E-state index contributed by atoms with van der Waals surface area (Å²) in [4.78, 5) is 0. The minimum Gasteiger partial charge on any atom is -0.497 e. The maximum Gasteiger partial charge on any atom is 0.120 e. The van der Waals surface area contributed by atoms with Gasteiger partial charge in [0, 0.05) is 14.5 Å². The molecule has 0 aliphatic rings. The number of nitrogens with one attached hydrogen (secondary N) is 1. The summed E-state index contributed by atoms with van der Waals surface area (Å²) in [6, 6.07) is 11.5. The molecule has 0 saturated carbocycles. The summed E-state index contributed by atoms with van der Waals surface area (Å²) in [6.45, 7) is 2.86. The van der Waals surface area contributed by atoms with Crippen LogP contribution in [0.1, 0.15) is 24.1 Å². The highest BCUT2D eigenvalue weighted by Gasteiger charge is 2.19. The molecule has 0 saturated heterocycles. The number of halogens is 3. The normalized spacial score (nSPS) is 12.2. The Morgan fingerprint density at radius 2 is 1.71 bits per heavy atom. The van der Waals surface area contributed by atoms with E-state index in [9.17, 15) is 0 Å². The zero-order valence-electron chi connectivity index (χ0n) is 11.8. The molecule has 0 aliphatic carbocycles. The van der Waals surface area contributed by atoms with Gasteiger partial charge in [-0.15, -0.1) is 0 Å². The van der Waals surface area contributed by atoms with Crippen LogP contribution >= 0.6 is 39.1 Å². The van der Waals surface area contributed by atoms with Gasteiger partial charge in [0.2, 0.25) is 0 Å². The fourth-order valence-electron chi connectivity index (χ4n) is 2.20. The van der Waals surface area contributed by atoms with Crippen molar-refractivity contribution >= 4 is 39.1 Å². The molecule has 2 nitrogen and oxygen atoms in total. The lowest BCUT2D eigenvalue weighted by Crippen LogP contribution is -2.22. The molecule has 0 amide bonds. The minimum absolute atomic E-state index is 0.0611. The van der Waals surface area contributed by atoms with Crippen LogP contribution in [0.2, 0.25) is 10.0 Å². The van der Waals surface area contributed by atoms with Crippen molar-refractivity contribution in [1.29, 1.82) is 0 Å². The number of hydrogen-bond donors (Lipinski definition) is 1. The summed E-state index contributed by atoms with van der Waals surface area (Å²) < 4.78 is 6.15. The van der Waals surface area contributed by atoms with E-state index in [1.165, 1.54) is 0 Å². The second-order valence-corrected chi connectivity index (χ2v) is 6.27. The van der Waals surface area contributed by atoms with Gasteiger partial charge in [-0.3, -0.25) is 0 Å². The van der Waals surface area contributed by atoms with Crippen LogP contribution in [0.25, 0.3) is 0 Å². The van der Waals surface area contributed by atoms with Crippen molar-refractivity contribution in [2.75, 3.05) is 13.7 Å². The fraction of sp³-hybridized carbons (Fsp3) is 0.250. The number of hydrogen-bond acceptors (Lipinski definition) is 2. The summed E-state index contributed by atoms with van der Waals surface area (Å²) >= 11 is 16.2. The summed E-state index contributed by atoms with van der Waals surface area (Å²) in [5.41, 5.74) is 1.97. The van der Waals surface area contributed by atoms with Crippen LogP contribution in [0.4, 0.5) is 0 Å². The van der Waals surface area contributed by atoms with Crippen molar-refractivity contribution in [2.45, 2.75) is 13.0 Å². The Hall–Kier alpha value is -0.740. The Kier molecular flexibility index (Phi) is 5.94. The Morgan fingerprint density at radius 1 is 1.10 bits per heavy atom. The number of rotatable bonds is 5. The van der Waals surface area contributed by atoms with Gasteiger partial charge in [-0.05, 0) is 41.9 Å². The van der Waals surface area contributed by atoms with Gasteiger partial charge in [0.05, 0.1) is 13.2 Å². The van der Waals surface area contributed by atoms with Gasteiger partial charge in [0.15, 0.2) is 0 Å². The Labute approximate surface area is 143 Å². The van der Waals surface area contributed by atoms with E-state index in [1.54, 1.807) is 7.11 Å². The first kappa shape index (κ1) is 16.6. The first-order chi connectivity index (χ1) is 10.1. The van der Waals surface area contributed by atoms with Gasteiger partial charge in [0.25, 0.3) is 0 Å². The fourth-order valence-corrected chi connectivity index (χ4v) is 3.26. The molecule has 0 heterocycles. The summed E-state index contributed by atoms with van der Waals surface area (Å²) in [6.07, 6.45) is 0. The average Bonchev–Trinajstić information content (AvgIpc) is 2.46. The zero-order chi connectivity index (χ0) is 15.4. The zero-order valence-corrected chi connectivity index (χ0v) is 14.9. The van der Waals surface area contributed by atoms with Crippen molar-refractivity contribution in [3.8, 4) is 5.75 Å². The quantitative estimate of drug-likeness (QED) is 0.733. The SMILES string of the molecule is CCNC(c1ccc(Br)cc1Cl)c1ccc(OC)cc1Cl. The highest BCUT2D eigenvalue weighted by atomic mass is 79.9. The van der Waals surface area contributed by atoms with Crippen molar-refractivity contribution in [2.24, 2.45) is 0 Å². The van der Waals surface area contributed by atoms with Crippen molar-refractivity contribution in [3.05, 3.63) is 62.0 Å². The lowest BCUT2D eigenvalue weighted by Gasteiger charge is -2.22. The Balaban J connectivity index is 2.48. The molecule has 0 aromatic heterocycles. The molecule has 0 bridgehead atoms. The van der Waals surface area contributed by atoms with Gasteiger partial charge in [-0.2, -0.15) is 0 Å². The molecule has 1 unspecified atom stereocenters. The molecule has 21 heavy (non-hydrogen) atoms. The molecule has 112 valence electrons. The first-order valence-electron chi connectivity index (χ1n) is 6.58. The Bertz CT molecular complexity index is 634. The second-order valence-electron chi connectivity index (χ2n) is 4.54. The minimum atomic E-state index is -0.0611. The molecule has 2 rings (SSSR count). The highest BCUT2D eigenvalue weighted by molar-refractivity contribution is 9.10. The van der Waals surface area contributed by atoms with E-state index in [2.05, 4.69) is 28.2 Å². The molecule has 1 N–H and O–H groups in total. The molecule has 2 aromatic carbocycles.